The molecule has 1 N–H and O–H groups in total. The van der Waals surface area contributed by atoms with Gasteiger partial charge in [-0.2, -0.15) is 10.5 Å². The summed E-state index contributed by atoms with van der Waals surface area (Å²) in [5, 5.41) is 20.8. The Kier molecular flexibility index (Phi) is 3.97. The van der Waals surface area contributed by atoms with Crippen LogP contribution in [0.15, 0.2) is 18.2 Å². The average Bonchev–Trinajstić information content (AvgIpc) is 2.26. The highest BCUT2D eigenvalue weighted by atomic mass is 35.5. The van der Waals surface area contributed by atoms with Crippen molar-refractivity contribution in [2.75, 3.05) is 11.9 Å². The maximum atomic E-state index is 8.67. The van der Waals surface area contributed by atoms with Gasteiger partial charge < -0.3 is 5.32 Å². The van der Waals surface area contributed by atoms with Gasteiger partial charge in [0.25, 0.3) is 0 Å². The summed E-state index contributed by atoms with van der Waals surface area (Å²) in [4.78, 5) is 0. The number of anilines is 1. The highest BCUT2D eigenvalue weighted by molar-refractivity contribution is 6.32. The summed E-state index contributed by atoms with van der Waals surface area (Å²) < 4.78 is 0. The lowest BCUT2D eigenvalue weighted by Gasteiger charge is -2.07. The number of benzene rings is 1. The molecule has 1 unspecified atom stereocenters. The molecular weight excluding hydrogens is 210 g/mol. The Balaban J connectivity index is 2.70. The third kappa shape index (κ3) is 3.16. The molecule has 3 nitrogen and oxygen atoms in total. The van der Waals surface area contributed by atoms with Crippen molar-refractivity contribution in [2.45, 2.75) is 6.92 Å². The van der Waals surface area contributed by atoms with Crippen LogP contribution in [0.5, 0.6) is 0 Å². The van der Waals surface area contributed by atoms with Crippen molar-refractivity contribution in [1.82, 2.24) is 0 Å². The fourth-order valence-corrected chi connectivity index (χ4v) is 1.26. The molecule has 0 saturated carbocycles. The van der Waals surface area contributed by atoms with Crippen LogP contribution in [-0.2, 0) is 0 Å². The highest BCUT2D eigenvalue weighted by Gasteiger charge is 2.02. The number of halogens is 1. The van der Waals surface area contributed by atoms with E-state index in [1.807, 2.05) is 13.0 Å². The van der Waals surface area contributed by atoms with Crippen LogP contribution in [0.3, 0.4) is 0 Å². The Labute approximate surface area is 93.9 Å². The molecule has 0 aliphatic carbocycles. The Morgan fingerprint density at radius 3 is 2.73 bits per heavy atom. The van der Waals surface area contributed by atoms with E-state index in [1.54, 1.807) is 18.2 Å². The highest BCUT2D eigenvalue weighted by Crippen LogP contribution is 2.20. The molecule has 1 rings (SSSR count). The first-order chi connectivity index (χ1) is 7.17. The van der Waals surface area contributed by atoms with Crippen LogP contribution >= 0.6 is 11.6 Å². The minimum atomic E-state index is -0.0561. The molecule has 4 heteroatoms. The number of nitrogens with zero attached hydrogens (tertiary/aromatic N) is 2. The summed E-state index contributed by atoms with van der Waals surface area (Å²) in [7, 11) is 0. The van der Waals surface area contributed by atoms with E-state index in [9.17, 15) is 0 Å². The number of nitrogens with one attached hydrogen (secondary N) is 1. The van der Waals surface area contributed by atoms with Crippen molar-refractivity contribution in [1.29, 1.82) is 10.5 Å². The molecule has 76 valence electrons. The Hall–Kier alpha value is -1.71. The van der Waals surface area contributed by atoms with E-state index < -0.39 is 0 Å². The SMILES string of the molecule is CC(C#N)CNc1ccc(C#N)c(Cl)c1. The first-order valence-corrected chi connectivity index (χ1v) is 4.88. The molecule has 15 heavy (non-hydrogen) atoms. The van der Waals surface area contributed by atoms with Crippen molar-refractivity contribution in [2.24, 2.45) is 5.92 Å². The lowest BCUT2D eigenvalue weighted by Crippen LogP contribution is -2.09. The van der Waals surface area contributed by atoms with E-state index in [4.69, 9.17) is 22.1 Å². The van der Waals surface area contributed by atoms with Crippen LogP contribution < -0.4 is 5.32 Å². The van der Waals surface area contributed by atoms with Gasteiger partial charge in [-0.25, -0.2) is 0 Å². The van der Waals surface area contributed by atoms with Gasteiger partial charge >= 0.3 is 0 Å². The quantitative estimate of drug-likeness (QED) is 0.851. The van der Waals surface area contributed by atoms with Gasteiger partial charge in [0.1, 0.15) is 6.07 Å². The number of nitriles is 2. The summed E-state index contributed by atoms with van der Waals surface area (Å²) in [6, 6.07) is 9.22. The van der Waals surface area contributed by atoms with Crippen molar-refractivity contribution in [3.63, 3.8) is 0 Å². The van der Waals surface area contributed by atoms with E-state index in [0.29, 0.717) is 17.1 Å². The molecule has 0 aliphatic heterocycles. The summed E-state index contributed by atoms with van der Waals surface area (Å²) in [5.41, 5.74) is 1.27. The molecule has 0 amide bonds. The molecule has 0 fully saturated rings. The second kappa shape index (κ2) is 5.24. The molecule has 1 atom stereocenters. The largest absolute Gasteiger partial charge is 0.384 e. The molecule has 0 aromatic heterocycles. The van der Waals surface area contributed by atoms with Gasteiger partial charge in [-0.3, -0.25) is 0 Å². The third-order valence-electron chi connectivity index (χ3n) is 1.92. The minimum Gasteiger partial charge on any atom is -0.384 e. The van der Waals surface area contributed by atoms with Crippen LogP contribution in [-0.4, -0.2) is 6.54 Å². The molecule has 0 aliphatic rings. The van der Waals surface area contributed by atoms with Gasteiger partial charge in [0.05, 0.1) is 22.6 Å². The Bertz CT molecular complexity index is 428. The topological polar surface area (TPSA) is 59.6 Å². The van der Waals surface area contributed by atoms with Crippen molar-refractivity contribution < 1.29 is 0 Å². The van der Waals surface area contributed by atoms with Gasteiger partial charge in [0.2, 0.25) is 0 Å². The average molecular weight is 220 g/mol. The molecule has 0 heterocycles. The monoisotopic (exact) mass is 219 g/mol. The summed E-state index contributed by atoms with van der Waals surface area (Å²) in [6.45, 7) is 2.40. The standard InChI is InChI=1S/C11H10ClN3/c1-8(5-13)7-15-10-3-2-9(6-14)11(12)4-10/h2-4,8,15H,7H2,1H3. The van der Waals surface area contributed by atoms with Crippen LogP contribution in [0.1, 0.15) is 12.5 Å². The minimum absolute atomic E-state index is 0.0561. The number of hydrogen-bond donors (Lipinski definition) is 1. The van der Waals surface area contributed by atoms with Gasteiger partial charge in [0, 0.05) is 12.2 Å². The maximum Gasteiger partial charge on any atom is 0.101 e. The van der Waals surface area contributed by atoms with Gasteiger partial charge in [0.15, 0.2) is 0 Å². The summed E-state index contributed by atoms with van der Waals surface area (Å²) in [6.07, 6.45) is 0. The second-order valence-electron chi connectivity index (χ2n) is 3.22. The van der Waals surface area contributed by atoms with E-state index in [-0.39, 0.29) is 5.92 Å². The smallest absolute Gasteiger partial charge is 0.101 e. The van der Waals surface area contributed by atoms with Gasteiger partial charge in [-0.05, 0) is 25.1 Å². The molecule has 1 aromatic carbocycles. The normalized spacial score (nSPS) is 11.2. The van der Waals surface area contributed by atoms with E-state index in [0.717, 1.165) is 5.69 Å². The van der Waals surface area contributed by atoms with Crippen LogP contribution in [0.4, 0.5) is 5.69 Å². The maximum absolute atomic E-state index is 8.67. The molecule has 0 radical (unpaired) electrons. The zero-order valence-electron chi connectivity index (χ0n) is 8.29. The van der Waals surface area contributed by atoms with Crippen LogP contribution in [0.2, 0.25) is 5.02 Å². The molecular formula is C11H10ClN3. The van der Waals surface area contributed by atoms with E-state index in [1.165, 1.54) is 0 Å². The third-order valence-corrected chi connectivity index (χ3v) is 2.24. The fourth-order valence-electron chi connectivity index (χ4n) is 1.03. The zero-order valence-corrected chi connectivity index (χ0v) is 9.04. The summed E-state index contributed by atoms with van der Waals surface area (Å²) >= 11 is 5.85. The predicted octanol–water partition coefficient (Wildman–Crippen LogP) is 2.78. The second-order valence-corrected chi connectivity index (χ2v) is 3.62. The van der Waals surface area contributed by atoms with Crippen LogP contribution in [0, 0.1) is 28.6 Å². The van der Waals surface area contributed by atoms with Gasteiger partial charge in [-0.15, -0.1) is 0 Å². The zero-order chi connectivity index (χ0) is 11.3. The number of rotatable bonds is 3. The predicted molar refractivity (Wildman–Crippen MR) is 59.4 cm³/mol. The lowest BCUT2D eigenvalue weighted by atomic mass is 10.2. The van der Waals surface area contributed by atoms with Crippen LogP contribution in [0.25, 0.3) is 0 Å². The molecule has 0 bridgehead atoms. The van der Waals surface area contributed by atoms with Gasteiger partial charge in [-0.1, -0.05) is 11.6 Å². The van der Waals surface area contributed by atoms with E-state index in [2.05, 4.69) is 11.4 Å². The Morgan fingerprint density at radius 1 is 1.47 bits per heavy atom. The van der Waals surface area contributed by atoms with E-state index >= 15 is 0 Å². The fraction of sp³-hybridized carbons (Fsp3) is 0.273. The molecule has 1 aromatic rings. The van der Waals surface area contributed by atoms with Crippen molar-refractivity contribution in [3.8, 4) is 12.1 Å². The van der Waals surface area contributed by atoms with Crippen molar-refractivity contribution >= 4 is 17.3 Å². The Morgan fingerprint density at radius 2 is 2.20 bits per heavy atom. The molecule has 0 spiro atoms. The molecule has 0 saturated heterocycles. The van der Waals surface area contributed by atoms with Crippen molar-refractivity contribution in [3.05, 3.63) is 28.8 Å². The number of hydrogen-bond acceptors (Lipinski definition) is 3. The summed E-state index contributed by atoms with van der Waals surface area (Å²) in [5.74, 6) is -0.0561. The first kappa shape index (κ1) is 11.4. The first-order valence-electron chi connectivity index (χ1n) is 4.50. The lowest BCUT2D eigenvalue weighted by molar-refractivity contribution is 0.786.